The summed E-state index contributed by atoms with van der Waals surface area (Å²) in [6, 6.07) is 19.1. The molecule has 0 fully saturated rings. The number of amides is 1. The zero-order valence-electron chi connectivity index (χ0n) is 13.1. The first-order valence-electron chi connectivity index (χ1n) is 7.65. The van der Waals surface area contributed by atoms with E-state index in [1.807, 2.05) is 60.7 Å². The highest BCUT2D eigenvalue weighted by atomic mass is 35.5. The summed E-state index contributed by atoms with van der Waals surface area (Å²) in [5, 5.41) is 5.44. The maximum absolute atomic E-state index is 12.8. The van der Waals surface area contributed by atoms with Crippen molar-refractivity contribution in [1.82, 2.24) is 0 Å². The summed E-state index contributed by atoms with van der Waals surface area (Å²) in [4.78, 5) is 12.8. The van der Waals surface area contributed by atoms with E-state index in [9.17, 15) is 4.79 Å². The average Bonchev–Trinajstić information content (AvgIpc) is 2.55. The van der Waals surface area contributed by atoms with Gasteiger partial charge in [0.15, 0.2) is 0 Å². The third-order valence-corrected chi connectivity index (χ3v) is 4.27. The van der Waals surface area contributed by atoms with Gasteiger partial charge in [0, 0.05) is 21.7 Å². The lowest BCUT2D eigenvalue weighted by molar-refractivity contribution is 0.102. The second-order valence-corrected chi connectivity index (χ2v) is 6.24. The smallest absolute Gasteiger partial charge is 0.256 e. The molecule has 23 heavy (non-hydrogen) atoms. The molecule has 3 aromatic carbocycles. The van der Waals surface area contributed by atoms with Gasteiger partial charge in [-0.25, -0.2) is 0 Å². The monoisotopic (exact) mass is 323 g/mol. The van der Waals surface area contributed by atoms with Crippen molar-refractivity contribution in [2.24, 2.45) is 0 Å². The molecule has 3 aromatic rings. The topological polar surface area (TPSA) is 29.1 Å². The summed E-state index contributed by atoms with van der Waals surface area (Å²) in [6.07, 6.45) is 0. The second-order valence-electron chi connectivity index (χ2n) is 5.84. The van der Waals surface area contributed by atoms with E-state index in [-0.39, 0.29) is 5.91 Å². The summed E-state index contributed by atoms with van der Waals surface area (Å²) >= 11 is 6.23. The van der Waals surface area contributed by atoms with Crippen molar-refractivity contribution in [3.8, 4) is 0 Å². The van der Waals surface area contributed by atoms with Gasteiger partial charge in [-0.3, -0.25) is 4.79 Å². The Balaban J connectivity index is 2.01. The fourth-order valence-corrected chi connectivity index (χ4v) is 3.01. The number of halogens is 1. The Hall–Kier alpha value is -2.32. The predicted octanol–water partition coefficient (Wildman–Crippen LogP) is 5.87. The quantitative estimate of drug-likeness (QED) is 0.641. The number of nitrogens with one attached hydrogen (secondary N) is 1. The highest BCUT2D eigenvalue weighted by Gasteiger charge is 2.13. The molecule has 0 heterocycles. The first-order valence-corrected chi connectivity index (χ1v) is 8.03. The van der Waals surface area contributed by atoms with Crippen LogP contribution in [-0.4, -0.2) is 5.91 Å². The molecule has 0 saturated carbocycles. The van der Waals surface area contributed by atoms with Crippen molar-refractivity contribution in [3.05, 3.63) is 76.8 Å². The van der Waals surface area contributed by atoms with Gasteiger partial charge in [0.1, 0.15) is 0 Å². The fourth-order valence-electron chi connectivity index (χ4n) is 2.77. The molecule has 0 atom stereocenters. The Morgan fingerprint density at radius 3 is 2.39 bits per heavy atom. The first kappa shape index (κ1) is 15.6. The van der Waals surface area contributed by atoms with Crippen LogP contribution in [0.2, 0.25) is 5.02 Å². The SMILES string of the molecule is CC(C)c1ccccc1NC(=O)c1cccc2c(Cl)cccc12. The Morgan fingerprint density at radius 2 is 1.61 bits per heavy atom. The molecule has 3 rings (SSSR count). The Morgan fingerprint density at radius 1 is 0.913 bits per heavy atom. The zero-order chi connectivity index (χ0) is 16.4. The van der Waals surface area contributed by atoms with E-state index in [1.165, 1.54) is 0 Å². The van der Waals surface area contributed by atoms with Crippen LogP contribution in [0.15, 0.2) is 60.7 Å². The molecule has 0 saturated heterocycles. The molecule has 0 radical (unpaired) electrons. The molecule has 0 unspecified atom stereocenters. The molecule has 0 aliphatic heterocycles. The van der Waals surface area contributed by atoms with Gasteiger partial charge in [-0.15, -0.1) is 0 Å². The van der Waals surface area contributed by atoms with E-state index in [1.54, 1.807) is 0 Å². The maximum Gasteiger partial charge on any atom is 0.256 e. The van der Waals surface area contributed by atoms with Crippen molar-refractivity contribution in [1.29, 1.82) is 0 Å². The molecular formula is C20H18ClNO. The van der Waals surface area contributed by atoms with Crippen LogP contribution >= 0.6 is 11.6 Å². The van der Waals surface area contributed by atoms with Gasteiger partial charge in [0.05, 0.1) is 0 Å². The van der Waals surface area contributed by atoms with Crippen LogP contribution in [0.5, 0.6) is 0 Å². The Labute approximate surface area is 141 Å². The number of hydrogen-bond donors (Lipinski definition) is 1. The number of hydrogen-bond acceptors (Lipinski definition) is 1. The van der Waals surface area contributed by atoms with Gasteiger partial charge < -0.3 is 5.32 Å². The minimum absolute atomic E-state index is 0.119. The van der Waals surface area contributed by atoms with Gasteiger partial charge in [0.2, 0.25) is 0 Å². The van der Waals surface area contributed by atoms with E-state index < -0.39 is 0 Å². The van der Waals surface area contributed by atoms with E-state index >= 15 is 0 Å². The van der Waals surface area contributed by atoms with Gasteiger partial charge in [-0.2, -0.15) is 0 Å². The van der Waals surface area contributed by atoms with Crippen LogP contribution in [0.3, 0.4) is 0 Å². The number of benzene rings is 3. The third kappa shape index (κ3) is 3.08. The lowest BCUT2D eigenvalue weighted by atomic mass is 10.0. The Bertz CT molecular complexity index is 870. The largest absolute Gasteiger partial charge is 0.322 e. The second kappa shape index (κ2) is 6.43. The molecule has 0 aliphatic carbocycles. The maximum atomic E-state index is 12.8. The van der Waals surface area contributed by atoms with Crippen molar-refractivity contribution >= 4 is 34.0 Å². The number of carbonyl (C=O) groups excluding carboxylic acids is 1. The van der Waals surface area contributed by atoms with Crippen LogP contribution in [0.25, 0.3) is 10.8 Å². The summed E-state index contributed by atoms with van der Waals surface area (Å²) in [5.74, 6) is 0.222. The van der Waals surface area contributed by atoms with Crippen LogP contribution in [0.4, 0.5) is 5.69 Å². The number of anilines is 1. The van der Waals surface area contributed by atoms with Gasteiger partial charge in [-0.1, -0.05) is 67.9 Å². The van der Waals surface area contributed by atoms with E-state index in [0.717, 1.165) is 22.0 Å². The lowest BCUT2D eigenvalue weighted by Gasteiger charge is -2.14. The normalized spacial score (nSPS) is 11.0. The average molecular weight is 324 g/mol. The molecule has 1 N–H and O–H groups in total. The molecular weight excluding hydrogens is 306 g/mol. The summed E-state index contributed by atoms with van der Waals surface area (Å²) < 4.78 is 0. The lowest BCUT2D eigenvalue weighted by Crippen LogP contribution is -2.14. The molecule has 0 aromatic heterocycles. The Kier molecular flexibility index (Phi) is 4.35. The zero-order valence-corrected chi connectivity index (χ0v) is 13.9. The van der Waals surface area contributed by atoms with Crippen molar-refractivity contribution in [2.75, 3.05) is 5.32 Å². The molecule has 1 amide bonds. The van der Waals surface area contributed by atoms with Gasteiger partial charge in [-0.05, 0) is 35.1 Å². The number of para-hydroxylation sites is 1. The van der Waals surface area contributed by atoms with Crippen molar-refractivity contribution in [2.45, 2.75) is 19.8 Å². The molecule has 0 aliphatic rings. The molecule has 0 spiro atoms. The highest BCUT2D eigenvalue weighted by Crippen LogP contribution is 2.28. The van der Waals surface area contributed by atoms with E-state index in [2.05, 4.69) is 19.2 Å². The number of carbonyl (C=O) groups is 1. The number of rotatable bonds is 3. The van der Waals surface area contributed by atoms with Gasteiger partial charge in [0.25, 0.3) is 5.91 Å². The summed E-state index contributed by atoms with van der Waals surface area (Å²) in [7, 11) is 0. The van der Waals surface area contributed by atoms with Crippen LogP contribution in [0.1, 0.15) is 35.7 Å². The fraction of sp³-hybridized carbons (Fsp3) is 0.150. The van der Waals surface area contributed by atoms with Crippen LogP contribution in [-0.2, 0) is 0 Å². The van der Waals surface area contributed by atoms with E-state index in [0.29, 0.717) is 16.5 Å². The molecule has 3 heteroatoms. The predicted molar refractivity (Wildman–Crippen MR) is 97.4 cm³/mol. The van der Waals surface area contributed by atoms with Crippen molar-refractivity contribution in [3.63, 3.8) is 0 Å². The first-order chi connectivity index (χ1) is 11.1. The van der Waals surface area contributed by atoms with E-state index in [4.69, 9.17) is 11.6 Å². The summed E-state index contributed by atoms with van der Waals surface area (Å²) in [6.45, 7) is 4.23. The highest BCUT2D eigenvalue weighted by molar-refractivity contribution is 6.36. The van der Waals surface area contributed by atoms with Crippen LogP contribution < -0.4 is 5.32 Å². The molecule has 2 nitrogen and oxygen atoms in total. The minimum atomic E-state index is -0.119. The minimum Gasteiger partial charge on any atom is -0.322 e. The van der Waals surface area contributed by atoms with Crippen molar-refractivity contribution < 1.29 is 4.79 Å². The van der Waals surface area contributed by atoms with Crippen LogP contribution in [0, 0.1) is 0 Å². The third-order valence-electron chi connectivity index (χ3n) is 3.94. The van der Waals surface area contributed by atoms with Gasteiger partial charge >= 0.3 is 0 Å². The summed E-state index contributed by atoms with van der Waals surface area (Å²) in [5.41, 5.74) is 2.61. The standard InChI is InChI=1S/C20H18ClNO/c1-13(2)14-7-3-4-12-19(14)22-20(23)17-10-5-9-16-15(17)8-6-11-18(16)21/h3-13H,1-2H3,(H,22,23). The molecule has 116 valence electrons. The molecule has 0 bridgehead atoms. The number of fused-ring (bicyclic) bond motifs is 1.